The monoisotopic (exact) mass is 599 g/mol. The standard InChI is InChI=1S/C29H32F3N7O4/c1-5-43-19-12-16(26(40)35-21-13-20(29(30,31)32)38(4)37-21)6-7-18(19)22-23-24(33)34-10-11-39(23)25(36-22)17-8-9-28(14-17,15(2)3)27(41)42/h6-7,10-13,15,17H,5,8-9,14H2,1-4H3,(H2,33,34)(H,41,42)(H,35,37,40)/t17-,28+/m0/s1. The molecular weight excluding hydrogens is 567 g/mol. The number of hydrogen-bond donors (Lipinski definition) is 3. The van der Waals surface area contributed by atoms with Crippen LogP contribution in [0.2, 0.25) is 0 Å². The van der Waals surface area contributed by atoms with Gasteiger partial charge in [0.2, 0.25) is 0 Å². The van der Waals surface area contributed by atoms with Gasteiger partial charge in [-0.1, -0.05) is 13.8 Å². The van der Waals surface area contributed by atoms with Crippen LogP contribution in [0.5, 0.6) is 5.75 Å². The number of ether oxygens (including phenoxy) is 1. The number of halogens is 3. The van der Waals surface area contributed by atoms with Crippen molar-refractivity contribution in [3.63, 3.8) is 0 Å². The first-order chi connectivity index (χ1) is 20.3. The predicted octanol–water partition coefficient (Wildman–Crippen LogP) is 5.38. The Balaban J connectivity index is 1.53. The maximum Gasteiger partial charge on any atom is 0.433 e. The van der Waals surface area contributed by atoms with Crippen molar-refractivity contribution in [3.8, 4) is 17.0 Å². The molecule has 228 valence electrons. The maximum absolute atomic E-state index is 13.2. The SMILES string of the molecule is CCOc1cc(C(=O)Nc2cc(C(F)(F)F)n(C)n2)ccc1-c1nc([C@H]2CC[C@](C(=O)O)(C(C)C)C2)n2ccnc(N)c12. The summed E-state index contributed by atoms with van der Waals surface area (Å²) in [5, 5.41) is 16.2. The van der Waals surface area contributed by atoms with E-state index in [9.17, 15) is 27.9 Å². The molecule has 1 saturated carbocycles. The van der Waals surface area contributed by atoms with E-state index in [0.29, 0.717) is 52.3 Å². The molecule has 1 fully saturated rings. The Kier molecular flexibility index (Phi) is 7.57. The summed E-state index contributed by atoms with van der Waals surface area (Å²) >= 11 is 0. The van der Waals surface area contributed by atoms with Gasteiger partial charge >= 0.3 is 12.1 Å². The number of carbonyl (C=O) groups excluding carboxylic acids is 1. The van der Waals surface area contributed by atoms with Crippen LogP contribution in [0.15, 0.2) is 36.7 Å². The summed E-state index contributed by atoms with van der Waals surface area (Å²) < 4.78 is 47.9. The van der Waals surface area contributed by atoms with Gasteiger partial charge in [-0.25, -0.2) is 9.97 Å². The van der Waals surface area contributed by atoms with E-state index < -0.39 is 29.2 Å². The molecule has 0 aliphatic heterocycles. The summed E-state index contributed by atoms with van der Waals surface area (Å²) in [5.41, 5.74) is 6.07. The normalized spacial score (nSPS) is 18.8. The number of aromatic nitrogens is 5. The van der Waals surface area contributed by atoms with Crippen molar-refractivity contribution in [2.75, 3.05) is 17.7 Å². The number of nitrogens with two attached hydrogens (primary N) is 1. The number of imidazole rings is 1. The highest BCUT2D eigenvalue weighted by Gasteiger charge is 2.49. The minimum atomic E-state index is -4.63. The fourth-order valence-electron chi connectivity index (χ4n) is 5.94. The second-order valence-corrected chi connectivity index (χ2v) is 11.0. The number of nitrogens with zero attached hydrogens (tertiary/aromatic N) is 5. The zero-order valence-corrected chi connectivity index (χ0v) is 24.1. The van der Waals surface area contributed by atoms with Gasteiger partial charge in [-0.2, -0.15) is 18.3 Å². The predicted molar refractivity (Wildman–Crippen MR) is 152 cm³/mol. The molecule has 0 spiro atoms. The number of carboxylic acids is 1. The molecule has 0 unspecified atom stereocenters. The van der Waals surface area contributed by atoms with Crippen LogP contribution in [0.4, 0.5) is 24.8 Å². The molecule has 0 radical (unpaired) electrons. The van der Waals surface area contributed by atoms with Crippen LogP contribution in [0.3, 0.4) is 0 Å². The van der Waals surface area contributed by atoms with Crippen molar-refractivity contribution in [3.05, 3.63) is 53.7 Å². The summed E-state index contributed by atoms with van der Waals surface area (Å²) in [6.07, 6.45) is 0.230. The fourth-order valence-corrected chi connectivity index (χ4v) is 5.94. The molecule has 1 aromatic carbocycles. The topological polar surface area (TPSA) is 150 Å². The smallest absolute Gasteiger partial charge is 0.433 e. The third-order valence-electron chi connectivity index (χ3n) is 8.27. The second-order valence-electron chi connectivity index (χ2n) is 11.0. The second kappa shape index (κ2) is 10.9. The van der Waals surface area contributed by atoms with Gasteiger partial charge in [0.15, 0.2) is 5.82 Å². The number of carbonyl (C=O) groups is 2. The van der Waals surface area contributed by atoms with Crippen LogP contribution >= 0.6 is 0 Å². The average Bonchev–Trinajstić information content (AvgIpc) is 3.65. The van der Waals surface area contributed by atoms with Crippen LogP contribution in [-0.4, -0.2) is 47.7 Å². The number of anilines is 2. The number of amides is 1. The van der Waals surface area contributed by atoms with E-state index in [0.717, 1.165) is 13.1 Å². The van der Waals surface area contributed by atoms with Gasteiger partial charge in [0.25, 0.3) is 5.91 Å². The van der Waals surface area contributed by atoms with Gasteiger partial charge in [0, 0.05) is 42.6 Å². The van der Waals surface area contributed by atoms with Gasteiger partial charge in [0.05, 0.1) is 12.0 Å². The Bertz CT molecular complexity index is 1710. The molecule has 0 bridgehead atoms. The zero-order valence-electron chi connectivity index (χ0n) is 24.1. The third kappa shape index (κ3) is 5.25. The van der Waals surface area contributed by atoms with Crippen molar-refractivity contribution in [1.29, 1.82) is 0 Å². The zero-order chi connectivity index (χ0) is 31.3. The van der Waals surface area contributed by atoms with Crippen LogP contribution < -0.4 is 15.8 Å². The highest BCUT2D eigenvalue weighted by atomic mass is 19.4. The first-order valence-corrected chi connectivity index (χ1v) is 13.8. The van der Waals surface area contributed by atoms with E-state index in [1.54, 1.807) is 25.4 Å². The number of benzene rings is 1. The molecule has 5 rings (SSSR count). The van der Waals surface area contributed by atoms with Crippen molar-refractivity contribution < 1.29 is 32.6 Å². The molecule has 11 nitrogen and oxygen atoms in total. The Morgan fingerprint density at radius 2 is 2.02 bits per heavy atom. The number of alkyl halides is 3. The van der Waals surface area contributed by atoms with Crippen LogP contribution in [0, 0.1) is 11.3 Å². The molecule has 2 atom stereocenters. The number of aryl methyl sites for hydroxylation is 1. The minimum absolute atomic E-state index is 0.0678. The Labute approximate surface area is 244 Å². The van der Waals surface area contributed by atoms with E-state index in [4.69, 9.17) is 15.5 Å². The van der Waals surface area contributed by atoms with Crippen molar-refractivity contribution in [2.24, 2.45) is 18.4 Å². The molecule has 14 heteroatoms. The summed E-state index contributed by atoms with van der Waals surface area (Å²) in [6, 6.07) is 5.36. The molecule has 4 N–H and O–H groups in total. The molecule has 3 heterocycles. The summed E-state index contributed by atoms with van der Waals surface area (Å²) in [7, 11) is 1.14. The number of hydrogen-bond acceptors (Lipinski definition) is 7. The molecule has 0 saturated heterocycles. The van der Waals surface area contributed by atoms with Gasteiger partial charge in [0.1, 0.15) is 34.3 Å². The highest BCUT2D eigenvalue weighted by molar-refractivity contribution is 6.04. The van der Waals surface area contributed by atoms with Crippen LogP contribution in [0.25, 0.3) is 16.8 Å². The van der Waals surface area contributed by atoms with Crippen LogP contribution in [0.1, 0.15) is 67.8 Å². The van der Waals surface area contributed by atoms with Gasteiger partial charge in [-0.3, -0.25) is 18.7 Å². The summed E-state index contributed by atoms with van der Waals surface area (Å²) in [6.45, 7) is 5.86. The van der Waals surface area contributed by atoms with Gasteiger partial charge < -0.3 is 20.9 Å². The molecule has 4 aromatic rings. The molecule has 1 amide bonds. The van der Waals surface area contributed by atoms with Crippen molar-refractivity contribution in [2.45, 2.75) is 52.1 Å². The number of nitrogen functional groups attached to an aromatic ring is 1. The van der Waals surface area contributed by atoms with E-state index in [1.165, 1.54) is 12.1 Å². The van der Waals surface area contributed by atoms with E-state index in [-0.39, 0.29) is 35.6 Å². The summed E-state index contributed by atoms with van der Waals surface area (Å²) in [5.74, 6) is -0.800. The third-order valence-corrected chi connectivity index (χ3v) is 8.27. The first kappa shape index (κ1) is 29.9. The van der Waals surface area contributed by atoms with Gasteiger partial charge in [-0.05, 0) is 50.3 Å². The quantitative estimate of drug-likeness (QED) is 0.245. The molecule has 43 heavy (non-hydrogen) atoms. The summed E-state index contributed by atoms with van der Waals surface area (Å²) in [4.78, 5) is 34.5. The Morgan fingerprint density at radius 1 is 1.28 bits per heavy atom. The van der Waals surface area contributed by atoms with E-state index in [2.05, 4.69) is 15.4 Å². The minimum Gasteiger partial charge on any atom is -0.493 e. The molecule has 1 aliphatic rings. The number of fused-ring (bicyclic) bond motifs is 1. The Morgan fingerprint density at radius 3 is 2.63 bits per heavy atom. The van der Waals surface area contributed by atoms with E-state index in [1.807, 2.05) is 18.2 Å². The number of rotatable bonds is 8. The maximum atomic E-state index is 13.2. The van der Waals surface area contributed by atoms with Crippen molar-refractivity contribution >= 4 is 29.0 Å². The van der Waals surface area contributed by atoms with Crippen LogP contribution in [-0.2, 0) is 18.0 Å². The fraction of sp³-hybridized carbons (Fsp3) is 0.414. The largest absolute Gasteiger partial charge is 0.493 e. The lowest BCUT2D eigenvalue weighted by atomic mass is 9.75. The first-order valence-electron chi connectivity index (χ1n) is 13.8. The number of aliphatic carboxylic acids is 1. The number of nitrogens with one attached hydrogen (secondary N) is 1. The Hall–Kier alpha value is -4.62. The lowest BCUT2D eigenvalue weighted by Crippen LogP contribution is -2.33. The lowest BCUT2D eigenvalue weighted by Gasteiger charge is -2.28. The number of carboxylic acid groups (broad SMARTS) is 1. The average molecular weight is 600 g/mol. The van der Waals surface area contributed by atoms with Crippen molar-refractivity contribution in [1.82, 2.24) is 24.1 Å². The molecule has 1 aliphatic carbocycles. The van der Waals surface area contributed by atoms with Gasteiger partial charge in [-0.15, -0.1) is 0 Å². The molecular formula is C29H32F3N7O4. The lowest BCUT2D eigenvalue weighted by molar-refractivity contribution is -0.151. The molecule has 3 aromatic heterocycles. The highest BCUT2D eigenvalue weighted by Crippen LogP contribution is 2.51. The van der Waals surface area contributed by atoms with E-state index >= 15 is 0 Å².